The summed E-state index contributed by atoms with van der Waals surface area (Å²) in [4.78, 5) is 26.7. The molecule has 9 heteroatoms. The lowest BCUT2D eigenvalue weighted by Crippen LogP contribution is -2.49. The van der Waals surface area contributed by atoms with Crippen LogP contribution >= 0.6 is 11.6 Å². The number of nitrogens with two attached hydrogens (primary N) is 1. The summed E-state index contributed by atoms with van der Waals surface area (Å²) in [6.45, 7) is 3.31. The molecule has 2 aromatic rings. The zero-order valence-electron chi connectivity index (χ0n) is 15.2. The van der Waals surface area contributed by atoms with Gasteiger partial charge in [0.25, 0.3) is 11.6 Å². The Morgan fingerprint density at radius 1 is 1.14 bits per heavy atom. The van der Waals surface area contributed by atoms with Gasteiger partial charge in [0.05, 0.1) is 16.7 Å². The summed E-state index contributed by atoms with van der Waals surface area (Å²) in [6, 6.07) is 11.7. The predicted molar refractivity (Wildman–Crippen MR) is 106 cm³/mol. The number of non-ortho nitro benzene ring substituents is 1. The van der Waals surface area contributed by atoms with E-state index in [1.54, 1.807) is 4.90 Å². The highest BCUT2D eigenvalue weighted by molar-refractivity contribution is 6.30. The molecule has 2 aromatic carbocycles. The third-order valence-corrected chi connectivity index (χ3v) is 4.86. The van der Waals surface area contributed by atoms with Crippen molar-refractivity contribution in [3.8, 4) is 5.75 Å². The van der Waals surface area contributed by atoms with E-state index in [1.807, 2.05) is 24.3 Å². The standard InChI is InChI=1S/C19H21ClN4O4/c20-15-3-1-14(2-4-15)12-22-7-9-23(10-8-22)19(25)13-28-18-11-16(24(26)27)5-6-17(18)21/h1-6,11H,7-10,12-13,21H2. The Hall–Kier alpha value is -2.84. The molecule has 1 amide bonds. The first kappa shape index (κ1) is 19.9. The summed E-state index contributed by atoms with van der Waals surface area (Å²) in [5.74, 6) is -0.0269. The summed E-state index contributed by atoms with van der Waals surface area (Å²) in [6.07, 6.45) is 0. The number of nitrogens with zero attached hydrogens (tertiary/aromatic N) is 3. The molecule has 28 heavy (non-hydrogen) atoms. The number of amides is 1. The summed E-state index contributed by atoms with van der Waals surface area (Å²) in [7, 11) is 0. The fourth-order valence-electron chi connectivity index (χ4n) is 3.00. The molecular weight excluding hydrogens is 384 g/mol. The Morgan fingerprint density at radius 3 is 2.46 bits per heavy atom. The summed E-state index contributed by atoms with van der Waals surface area (Å²) >= 11 is 5.91. The van der Waals surface area contributed by atoms with Gasteiger partial charge in [0.1, 0.15) is 5.75 Å². The van der Waals surface area contributed by atoms with E-state index in [4.69, 9.17) is 22.1 Å². The molecule has 0 atom stereocenters. The minimum atomic E-state index is -0.534. The molecule has 0 saturated carbocycles. The van der Waals surface area contributed by atoms with E-state index in [2.05, 4.69) is 4.90 Å². The average Bonchev–Trinajstić information content (AvgIpc) is 2.69. The summed E-state index contributed by atoms with van der Waals surface area (Å²) in [5.41, 5.74) is 7.07. The Bertz CT molecular complexity index is 852. The van der Waals surface area contributed by atoms with Gasteiger partial charge in [-0.25, -0.2) is 0 Å². The molecule has 0 aromatic heterocycles. The number of ether oxygens (including phenoxy) is 1. The topological polar surface area (TPSA) is 102 Å². The van der Waals surface area contributed by atoms with Crippen molar-refractivity contribution in [2.45, 2.75) is 6.54 Å². The fraction of sp³-hybridized carbons (Fsp3) is 0.316. The molecule has 0 unspecified atom stereocenters. The number of nitro groups is 1. The van der Waals surface area contributed by atoms with Crippen molar-refractivity contribution in [1.29, 1.82) is 0 Å². The lowest BCUT2D eigenvalue weighted by molar-refractivity contribution is -0.384. The van der Waals surface area contributed by atoms with Gasteiger partial charge in [-0.15, -0.1) is 0 Å². The van der Waals surface area contributed by atoms with E-state index >= 15 is 0 Å². The van der Waals surface area contributed by atoms with E-state index in [0.29, 0.717) is 18.1 Å². The Kier molecular flexibility index (Phi) is 6.33. The van der Waals surface area contributed by atoms with E-state index in [9.17, 15) is 14.9 Å². The van der Waals surface area contributed by atoms with Gasteiger partial charge >= 0.3 is 0 Å². The molecule has 0 spiro atoms. The van der Waals surface area contributed by atoms with Gasteiger partial charge in [0.15, 0.2) is 6.61 Å². The number of carbonyl (C=O) groups is 1. The number of anilines is 1. The highest BCUT2D eigenvalue weighted by atomic mass is 35.5. The van der Waals surface area contributed by atoms with Crippen LogP contribution in [0.25, 0.3) is 0 Å². The van der Waals surface area contributed by atoms with Gasteiger partial charge in [-0.3, -0.25) is 19.8 Å². The highest BCUT2D eigenvalue weighted by Crippen LogP contribution is 2.26. The zero-order valence-corrected chi connectivity index (χ0v) is 16.0. The maximum Gasteiger partial charge on any atom is 0.273 e. The summed E-state index contributed by atoms with van der Waals surface area (Å²) in [5, 5.41) is 11.6. The van der Waals surface area contributed by atoms with Crippen LogP contribution in [-0.4, -0.2) is 53.4 Å². The second-order valence-electron chi connectivity index (χ2n) is 6.55. The van der Waals surface area contributed by atoms with Gasteiger partial charge in [-0.05, 0) is 23.8 Å². The number of carbonyl (C=O) groups excluding carboxylic acids is 1. The molecule has 1 fully saturated rings. The van der Waals surface area contributed by atoms with Crippen LogP contribution < -0.4 is 10.5 Å². The molecule has 1 aliphatic rings. The van der Waals surface area contributed by atoms with Crippen LogP contribution in [0.4, 0.5) is 11.4 Å². The molecule has 2 N–H and O–H groups in total. The number of halogens is 1. The van der Waals surface area contributed by atoms with Gasteiger partial charge in [0.2, 0.25) is 0 Å². The smallest absolute Gasteiger partial charge is 0.273 e. The third-order valence-electron chi connectivity index (χ3n) is 4.60. The Morgan fingerprint density at radius 2 is 1.82 bits per heavy atom. The third kappa shape index (κ3) is 5.11. The highest BCUT2D eigenvalue weighted by Gasteiger charge is 2.22. The number of nitro benzene ring substituents is 1. The normalized spacial score (nSPS) is 14.7. The zero-order chi connectivity index (χ0) is 20.1. The minimum absolute atomic E-state index is 0.132. The van der Waals surface area contributed by atoms with E-state index in [1.165, 1.54) is 23.8 Å². The van der Waals surface area contributed by atoms with Crippen LogP contribution in [0.1, 0.15) is 5.56 Å². The van der Waals surface area contributed by atoms with Crippen molar-refractivity contribution in [2.24, 2.45) is 0 Å². The van der Waals surface area contributed by atoms with Gasteiger partial charge in [0, 0.05) is 43.8 Å². The van der Waals surface area contributed by atoms with E-state index in [0.717, 1.165) is 19.6 Å². The maximum atomic E-state index is 12.4. The maximum absolute atomic E-state index is 12.4. The summed E-state index contributed by atoms with van der Waals surface area (Å²) < 4.78 is 5.43. The molecular formula is C19H21ClN4O4. The monoisotopic (exact) mass is 404 g/mol. The molecule has 0 radical (unpaired) electrons. The number of rotatable bonds is 6. The number of hydrogen-bond donors (Lipinski definition) is 1. The average molecular weight is 405 g/mol. The minimum Gasteiger partial charge on any atom is -0.481 e. The first-order valence-corrected chi connectivity index (χ1v) is 9.21. The molecule has 8 nitrogen and oxygen atoms in total. The number of benzene rings is 2. The Balaban J connectivity index is 1.48. The molecule has 3 rings (SSSR count). The van der Waals surface area contributed by atoms with Gasteiger partial charge < -0.3 is 15.4 Å². The van der Waals surface area contributed by atoms with Crippen LogP contribution in [0.5, 0.6) is 5.75 Å². The Labute approximate surface area is 167 Å². The van der Waals surface area contributed by atoms with Crippen molar-refractivity contribution in [1.82, 2.24) is 9.80 Å². The predicted octanol–water partition coefficient (Wildman–Crippen LogP) is 2.55. The van der Waals surface area contributed by atoms with Gasteiger partial charge in [-0.1, -0.05) is 23.7 Å². The second kappa shape index (κ2) is 8.90. The molecule has 1 aliphatic heterocycles. The van der Waals surface area contributed by atoms with Gasteiger partial charge in [-0.2, -0.15) is 0 Å². The van der Waals surface area contributed by atoms with Crippen molar-refractivity contribution in [3.05, 3.63) is 63.2 Å². The van der Waals surface area contributed by atoms with Crippen molar-refractivity contribution >= 4 is 28.9 Å². The molecule has 1 heterocycles. The van der Waals surface area contributed by atoms with Crippen molar-refractivity contribution < 1.29 is 14.5 Å². The van der Waals surface area contributed by atoms with Crippen LogP contribution in [-0.2, 0) is 11.3 Å². The van der Waals surface area contributed by atoms with Crippen LogP contribution in [0, 0.1) is 10.1 Å². The number of piperazine rings is 1. The van der Waals surface area contributed by atoms with Crippen molar-refractivity contribution in [3.63, 3.8) is 0 Å². The van der Waals surface area contributed by atoms with Crippen LogP contribution in [0.15, 0.2) is 42.5 Å². The SMILES string of the molecule is Nc1ccc([N+](=O)[O-])cc1OCC(=O)N1CCN(Cc2ccc(Cl)cc2)CC1. The number of hydrogen-bond acceptors (Lipinski definition) is 6. The quantitative estimate of drug-likeness (QED) is 0.451. The van der Waals surface area contributed by atoms with Crippen LogP contribution in [0.3, 0.4) is 0 Å². The first-order valence-electron chi connectivity index (χ1n) is 8.83. The molecule has 0 bridgehead atoms. The van der Waals surface area contributed by atoms with Crippen molar-refractivity contribution in [2.75, 3.05) is 38.5 Å². The fourth-order valence-corrected chi connectivity index (χ4v) is 3.12. The molecule has 0 aliphatic carbocycles. The van der Waals surface area contributed by atoms with E-state index < -0.39 is 4.92 Å². The van der Waals surface area contributed by atoms with Crippen LogP contribution in [0.2, 0.25) is 5.02 Å². The lowest BCUT2D eigenvalue weighted by atomic mass is 10.2. The largest absolute Gasteiger partial charge is 0.481 e. The molecule has 148 valence electrons. The lowest BCUT2D eigenvalue weighted by Gasteiger charge is -2.34. The number of nitrogen functional groups attached to an aromatic ring is 1. The second-order valence-corrected chi connectivity index (χ2v) is 6.99. The molecule has 1 saturated heterocycles. The first-order chi connectivity index (χ1) is 13.4. The van der Waals surface area contributed by atoms with E-state index in [-0.39, 0.29) is 29.6 Å².